The molecule has 1 heteroatoms. The quantitative estimate of drug-likeness (QED) is 0.581. The summed E-state index contributed by atoms with van der Waals surface area (Å²) in [5, 5.41) is 0. The second-order valence-electron chi connectivity index (χ2n) is 5.08. The summed E-state index contributed by atoms with van der Waals surface area (Å²) < 4.78 is 5.49. The van der Waals surface area contributed by atoms with Crippen molar-refractivity contribution in [3.05, 3.63) is 12.2 Å². The maximum absolute atomic E-state index is 5.49. The third-order valence-corrected chi connectivity index (χ3v) is 4.46. The van der Waals surface area contributed by atoms with E-state index in [4.69, 9.17) is 4.74 Å². The van der Waals surface area contributed by atoms with E-state index in [0.29, 0.717) is 6.10 Å². The molecule has 2 fully saturated rings. The van der Waals surface area contributed by atoms with Crippen LogP contribution in [0.5, 0.6) is 0 Å². The zero-order valence-corrected chi connectivity index (χ0v) is 9.46. The molecule has 0 aromatic carbocycles. The predicted octanol–water partition coefficient (Wildman–Crippen LogP) is 3.40. The van der Waals surface area contributed by atoms with E-state index in [1.807, 2.05) is 7.11 Å². The molecular weight excluding hydrogens is 172 g/mol. The summed E-state index contributed by atoms with van der Waals surface area (Å²) in [5.41, 5.74) is 1.48. The first kappa shape index (κ1) is 10.2. The summed E-state index contributed by atoms with van der Waals surface area (Å²) >= 11 is 0. The number of hydrogen-bond acceptors (Lipinski definition) is 1. The molecule has 0 saturated heterocycles. The van der Waals surface area contributed by atoms with Crippen molar-refractivity contribution in [2.45, 2.75) is 45.1 Å². The summed E-state index contributed by atoms with van der Waals surface area (Å²) in [4.78, 5) is 0. The minimum Gasteiger partial charge on any atom is -0.381 e. The molecule has 0 aliphatic heterocycles. The van der Waals surface area contributed by atoms with Gasteiger partial charge in [0.2, 0.25) is 0 Å². The van der Waals surface area contributed by atoms with Crippen molar-refractivity contribution in [3.63, 3.8) is 0 Å². The first-order chi connectivity index (χ1) is 6.72. The van der Waals surface area contributed by atoms with Crippen LogP contribution in [0.1, 0.15) is 39.0 Å². The molecule has 1 nitrogen and oxygen atoms in total. The average molecular weight is 194 g/mol. The summed E-state index contributed by atoms with van der Waals surface area (Å²) in [6.45, 7) is 6.55. The first-order valence-corrected chi connectivity index (χ1v) is 5.92. The molecule has 80 valence electrons. The Morgan fingerprint density at radius 3 is 2.79 bits per heavy atom. The number of hydrogen-bond donors (Lipinski definition) is 0. The highest BCUT2D eigenvalue weighted by Crippen LogP contribution is 2.45. The maximum atomic E-state index is 5.49. The van der Waals surface area contributed by atoms with E-state index in [1.165, 1.54) is 37.7 Å². The molecule has 0 aromatic heterocycles. The summed E-state index contributed by atoms with van der Waals surface area (Å²) in [6, 6.07) is 0. The van der Waals surface area contributed by atoms with Gasteiger partial charge in [-0.1, -0.05) is 19.1 Å². The Bertz CT molecular complexity index is 221. The normalized spacial score (nSPS) is 43.4. The van der Waals surface area contributed by atoms with Crippen LogP contribution in [-0.4, -0.2) is 13.2 Å². The lowest BCUT2D eigenvalue weighted by Crippen LogP contribution is -2.36. The zero-order valence-electron chi connectivity index (χ0n) is 9.46. The number of fused-ring (bicyclic) bond motifs is 1. The van der Waals surface area contributed by atoms with Crippen LogP contribution < -0.4 is 0 Å². The summed E-state index contributed by atoms with van der Waals surface area (Å²) in [7, 11) is 1.85. The lowest BCUT2D eigenvalue weighted by atomic mass is 9.64. The minimum absolute atomic E-state index is 0.518. The molecule has 0 amide bonds. The van der Waals surface area contributed by atoms with Crippen molar-refractivity contribution in [2.24, 2.45) is 17.8 Å². The van der Waals surface area contributed by atoms with Gasteiger partial charge in [0.15, 0.2) is 0 Å². The van der Waals surface area contributed by atoms with Crippen molar-refractivity contribution in [1.29, 1.82) is 0 Å². The fraction of sp³-hybridized carbons (Fsp3) is 0.846. The Hall–Kier alpha value is -0.300. The van der Waals surface area contributed by atoms with Crippen molar-refractivity contribution in [2.75, 3.05) is 7.11 Å². The van der Waals surface area contributed by atoms with Gasteiger partial charge in [-0.05, 0) is 49.9 Å². The third kappa shape index (κ3) is 1.75. The largest absolute Gasteiger partial charge is 0.381 e. The molecule has 2 saturated carbocycles. The molecule has 0 aromatic rings. The summed E-state index contributed by atoms with van der Waals surface area (Å²) in [5.74, 6) is 2.54. The Morgan fingerprint density at radius 2 is 2.07 bits per heavy atom. The van der Waals surface area contributed by atoms with Gasteiger partial charge in [-0.25, -0.2) is 0 Å². The van der Waals surface area contributed by atoms with Crippen LogP contribution in [0.25, 0.3) is 0 Å². The van der Waals surface area contributed by atoms with E-state index in [-0.39, 0.29) is 0 Å². The van der Waals surface area contributed by atoms with E-state index in [2.05, 4.69) is 13.5 Å². The van der Waals surface area contributed by atoms with Gasteiger partial charge in [-0.15, -0.1) is 0 Å². The molecule has 2 rings (SSSR count). The van der Waals surface area contributed by atoms with Gasteiger partial charge in [0, 0.05) is 7.11 Å². The third-order valence-electron chi connectivity index (χ3n) is 4.46. The van der Waals surface area contributed by atoms with E-state index < -0.39 is 0 Å². The molecule has 4 unspecified atom stereocenters. The molecule has 0 radical (unpaired) electrons. The Labute approximate surface area is 87.5 Å². The van der Waals surface area contributed by atoms with Crippen molar-refractivity contribution >= 4 is 0 Å². The smallest absolute Gasteiger partial charge is 0.0574 e. The SMILES string of the molecule is C=C1CCC2CCC(OC)CC2C1C. The van der Waals surface area contributed by atoms with Crippen LogP contribution in [0.15, 0.2) is 12.2 Å². The molecule has 0 heterocycles. The van der Waals surface area contributed by atoms with Crippen molar-refractivity contribution in [1.82, 2.24) is 0 Å². The highest BCUT2D eigenvalue weighted by molar-refractivity contribution is 5.07. The second-order valence-corrected chi connectivity index (χ2v) is 5.08. The van der Waals surface area contributed by atoms with Crippen LogP contribution in [0, 0.1) is 17.8 Å². The van der Waals surface area contributed by atoms with Gasteiger partial charge in [0.05, 0.1) is 6.10 Å². The molecule has 2 aliphatic carbocycles. The Morgan fingerprint density at radius 1 is 1.29 bits per heavy atom. The monoisotopic (exact) mass is 194 g/mol. The molecule has 0 spiro atoms. The molecule has 2 aliphatic rings. The lowest BCUT2D eigenvalue weighted by molar-refractivity contribution is 0.00824. The zero-order chi connectivity index (χ0) is 10.1. The van der Waals surface area contributed by atoms with E-state index in [1.54, 1.807) is 0 Å². The Kier molecular flexibility index (Phi) is 2.96. The van der Waals surface area contributed by atoms with Crippen LogP contribution in [-0.2, 0) is 4.74 Å². The van der Waals surface area contributed by atoms with Crippen LogP contribution in [0.2, 0.25) is 0 Å². The van der Waals surface area contributed by atoms with Gasteiger partial charge in [-0.3, -0.25) is 0 Å². The highest BCUT2D eigenvalue weighted by Gasteiger charge is 2.37. The van der Waals surface area contributed by atoms with E-state index in [9.17, 15) is 0 Å². The second kappa shape index (κ2) is 4.06. The standard InChI is InChI=1S/C13H22O/c1-9-4-5-11-6-7-12(14-3)8-13(11)10(9)2/h10-13H,1,4-8H2,2-3H3. The number of rotatable bonds is 1. The number of methoxy groups -OCH3 is 1. The van der Waals surface area contributed by atoms with Gasteiger partial charge in [0.1, 0.15) is 0 Å². The van der Waals surface area contributed by atoms with Crippen molar-refractivity contribution < 1.29 is 4.74 Å². The number of allylic oxidation sites excluding steroid dienone is 1. The fourth-order valence-electron chi connectivity index (χ4n) is 3.31. The van der Waals surface area contributed by atoms with Crippen LogP contribution in [0.3, 0.4) is 0 Å². The van der Waals surface area contributed by atoms with E-state index >= 15 is 0 Å². The van der Waals surface area contributed by atoms with E-state index in [0.717, 1.165) is 17.8 Å². The first-order valence-electron chi connectivity index (χ1n) is 5.92. The number of ether oxygens (including phenoxy) is 1. The van der Waals surface area contributed by atoms with Gasteiger partial charge in [0.25, 0.3) is 0 Å². The van der Waals surface area contributed by atoms with Crippen LogP contribution in [0.4, 0.5) is 0 Å². The lowest BCUT2D eigenvalue weighted by Gasteiger charge is -2.43. The van der Waals surface area contributed by atoms with Gasteiger partial charge in [-0.2, -0.15) is 0 Å². The van der Waals surface area contributed by atoms with Crippen molar-refractivity contribution in [3.8, 4) is 0 Å². The fourth-order valence-corrected chi connectivity index (χ4v) is 3.31. The minimum atomic E-state index is 0.518. The Balaban J connectivity index is 2.04. The van der Waals surface area contributed by atoms with Gasteiger partial charge >= 0.3 is 0 Å². The molecular formula is C13H22O. The summed E-state index contributed by atoms with van der Waals surface area (Å²) in [6.07, 6.45) is 7.08. The molecule has 0 bridgehead atoms. The highest BCUT2D eigenvalue weighted by atomic mass is 16.5. The maximum Gasteiger partial charge on any atom is 0.0574 e. The topological polar surface area (TPSA) is 9.23 Å². The molecule has 4 atom stereocenters. The van der Waals surface area contributed by atoms with Crippen LogP contribution >= 0.6 is 0 Å². The molecule has 0 N–H and O–H groups in total. The van der Waals surface area contributed by atoms with Gasteiger partial charge < -0.3 is 4.74 Å². The molecule has 14 heavy (non-hydrogen) atoms. The predicted molar refractivity (Wildman–Crippen MR) is 59.2 cm³/mol. The average Bonchev–Trinajstić information content (AvgIpc) is 2.23.